The van der Waals surface area contributed by atoms with E-state index in [1.165, 1.54) is 0 Å². The second-order valence-corrected chi connectivity index (χ2v) is 5.46. The van der Waals surface area contributed by atoms with Crippen molar-refractivity contribution in [3.8, 4) is 0 Å². The van der Waals surface area contributed by atoms with Gasteiger partial charge in [-0.15, -0.1) is 0 Å². The summed E-state index contributed by atoms with van der Waals surface area (Å²) in [7, 11) is -1.57. The maximum atomic E-state index is 11.8. The number of hydrogen-bond donors (Lipinski definition) is 2. The van der Waals surface area contributed by atoms with Crippen molar-refractivity contribution >= 4 is 12.7 Å². The lowest BCUT2D eigenvalue weighted by Crippen LogP contribution is -2.26. The zero-order valence-corrected chi connectivity index (χ0v) is 8.66. The summed E-state index contributed by atoms with van der Waals surface area (Å²) in [5.41, 5.74) is 0. The molecule has 0 fully saturated rings. The molecule has 2 N–H and O–H groups in total. The summed E-state index contributed by atoms with van der Waals surface area (Å²) in [5.74, 6) is -0.408. The molecule has 2 atom stereocenters. The van der Waals surface area contributed by atoms with Crippen molar-refractivity contribution < 1.29 is 9.46 Å². The monoisotopic (exact) mass is 199 g/mol. The Balaban J connectivity index is 3.01. The molecule has 3 nitrogen and oxygen atoms in total. The van der Waals surface area contributed by atoms with Gasteiger partial charge in [-0.05, 0) is 26.1 Å². The van der Waals surface area contributed by atoms with Gasteiger partial charge in [0.15, 0.2) is 0 Å². The molecule has 0 saturated carbocycles. The van der Waals surface area contributed by atoms with Crippen LogP contribution in [0.2, 0.25) is 0 Å². The van der Waals surface area contributed by atoms with Crippen LogP contribution in [-0.4, -0.2) is 17.7 Å². The van der Waals surface area contributed by atoms with E-state index in [9.17, 15) is 9.46 Å². The Morgan fingerprint density at radius 2 is 1.92 bits per heavy atom. The maximum Gasteiger partial charge on any atom is 0.245 e. The molecular formula is C9H14NO2P. The minimum absolute atomic E-state index is 0.408. The third-order valence-electron chi connectivity index (χ3n) is 2.07. The van der Waals surface area contributed by atoms with Crippen LogP contribution in [0.15, 0.2) is 30.3 Å². The van der Waals surface area contributed by atoms with Crippen LogP contribution < -0.4 is 10.6 Å². The smallest absolute Gasteiger partial charge is 0.245 e. The lowest BCUT2D eigenvalue weighted by molar-refractivity contribution is 0.470. The molecule has 0 radical (unpaired) electrons. The first-order valence-corrected chi connectivity index (χ1v) is 5.87. The third-order valence-corrected chi connectivity index (χ3v) is 4.42. The van der Waals surface area contributed by atoms with Gasteiger partial charge in [0.25, 0.3) is 0 Å². The van der Waals surface area contributed by atoms with Crippen molar-refractivity contribution in [1.29, 1.82) is 0 Å². The lowest BCUT2D eigenvalue weighted by Gasteiger charge is -2.18. The van der Waals surface area contributed by atoms with Gasteiger partial charge in [0.05, 0.1) is 5.78 Å². The van der Waals surface area contributed by atoms with Gasteiger partial charge in [-0.1, -0.05) is 18.2 Å². The zero-order chi connectivity index (χ0) is 9.90. The molecule has 0 amide bonds. The van der Waals surface area contributed by atoms with E-state index in [0.717, 1.165) is 0 Å². The summed E-state index contributed by atoms with van der Waals surface area (Å²) in [6.45, 7) is 1.70. The molecule has 4 heteroatoms. The molecule has 13 heavy (non-hydrogen) atoms. The Morgan fingerprint density at radius 3 is 2.38 bits per heavy atom. The second-order valence-electron chi connectivity index (χ2n) is 2.92. The summed E-state index contributed by atoms with van der Waals surface area (Å²) in [5, 5.41) is 3.29. The summed E-state index contributed by atoms with van der Waals surface area (Å²) in [6.07, 6.45) is 0. The minimum Gasteiger partial charge on any atom is -0.340 e. The summed E-state index contributed by atoms with van der Waals surface area (Å²) >= 11 is 0. The average Bonchev–Trinajstić information content (AvgIpc) is 2.18. The van der Waals surface area contributed by atoms with Crippen LogP contribution in [0.3, 0.4) is 0 Å². The van der Waals surface area contributed by atoms with Crippen molar-refractivity contribution in [3.05, 3.63) is 30.3 Å². The quantitative estimate of drug-likeness (QED) is 0.718. The van der Waals surface area contributed by atoms with Crippen molar-refractivity contribution in [2.75, 3.05) is 7.05 Å². The van der Waals surface area contributed by atoms with E-state index in [2.05, 4.69) is 5.32 Å². The molecule has 1 aromatic carbocycles. The number of nitrogens with one attached hydrogen (secondary N) is 1. The van der Waals surface area contributed by atoms with Crippen LogP contribution in [0, 0.1) is 0 Å². The molecule has 0 spiro atoms. The molecule has 0 aliphatic rings. The second kappa shape index (κ2) is 4.05. The van der Waals surface area contributed by atoms with Crippen LogP contribution in [-0.2, 0) is 4.57 Å². The summed E-state index contributed by atoms with van der Waals surface area (Å²) < 4.78 is 11.8. The van der Waals surface area contributed by atoms with Crippen LogP contribution in [0.5, 0.6) is 0 Å². The largest absolute Gasteiger partial charge is 0.340 e. The van der Waals surface area contributed by atoms with Crippen LogP contribution in [0.1, 0.15) is 6.92 Å². The Morgan fingerprint density at radius 1 is 1.38 bits per heavy atom. The fourth-order valence-electron chi connectivity index (χ4n) is 1.04. The first-order chi connectivity index (χ1) is 6.09. The predicted molar refractivity (Wildman–Crippen MR) is 54.4 cm³/mol. The molecule has 72 valence electrons. The normalized spacial score (nSPS) is 17.8. The minimum atomic E-state index is -3.25. The summed E-state index contributed by atoms with van der Waals surface area (Å²) in [4.78, 5) is 9.75. The van der Waals surface area contributed by atoms with Gasteiger partial charge in [0, 0.05) is 5.30 Å². The van der Waals surface area contributed by atoms with Crippen LogP contribution >= 0.6 is 7.37 Å². The molecule has 0 aromatic heterocycles. The highest BCUT2D eigenvalue weighted by Crippen LogP contribution is 2.42. The van der Waals surface area contributed by atoms with Crippen molar-refractivity contribution in [3.63, 3.8) is 0 Å². The first kappa shape index (κ1) is 10.5. The molecule has 0 bridgehead atoms. The zero-order valence-electron chi connectivity index (χ0n) is 7.77. The van der Waals surface area contributed by atoms with Crippen molar-refractivity contribution in [2.24, 2.45) is 0 Å². The standard InChI is InChI=1S/C9H14NO2P/c1-8(10-2)13(11,12)9-6-4-3-5-7-9/h3-8,10H,1-2H3,(H,11,12). The Kier molecular flexibility index (Phi) is 3.26. The maximum absolute atomic E-state index is 11.8. The molecule has 0 saturated heterocycles. The van der Waals surface area contributed by atoms with Crippen molar-refractivity contribution in [1.82, 2.24) is 5.32 Å². The van der Waals surface area contributed by atoms with E-state index < -0.39 is 13.2 Å². The van der Waals surface area contributed by atoms with Crippen LogP contribution in [0.4, 0.5) is 0 Å². The van der Waals surface area contributed by atoms with Gasteiger partial charge in [0.1, 0.15) is 0 Å². The average molecular weight is 199 g/mol. The topological polar surface area (TPSA) is 49.3 Å². The predicted octanol–water partition coefficient (Wildman–Crippen LogP) is 1.15. The fraction of sp³-hybridized carbons (Fsp3) is 0.333. The highest BCUT2D eigenvalue weighted by atomic mass is 31.2. The van der Waals surface area contributed by atoms with E-state index in [1.54, 1.807) is 38.2 Å². The number of benzene rings is 1. The molecule has 1 rings (SSSR count). The van der Waals surface area contributed by atoms with Gasteiger partial charge < -0.3 is 10.2 Å². The number of hydrogen-bond acceptors (Lipinski definition) is 2. The molecule has 1 aromatic rings. The van der Waals surface area contributed by atoms with Gasteiger partial charge >= 0.3 is 0 Å². The van der Waals surface area contributed by atoms with Crippen LogP contribution in [0.25, 0.3) is 0 Å². The molecule has 2 unspecified atom stereocenters. The molecule has 0 aliphatic carbocycles. The van der Waals surface area contributed by atoms with E-state index in [-0.39, 0.29) is 0 Å². The van der Waals surface area contributed by atoms with Gasteiger partial charge in [0.2, 0.25) is 7.37 Å². The van der Waals surface area contributed by atoms with Crippen molar-refractivity contribution in [2.45, 2.75) is 12.7 Å². The Hall–Kier alpha value is -0.630. The number of rotatable bonds is 3. The van der Waals surface area contributed by atoms with Gasteiger partial charge in [-0.25, -0.2) is 0 Å². The first-order valence-electron chi connectivity index (χ1n) is 4.14. The molecule has 0 heterocycles. The highest BCUT2D eigenvalue weighted by Gasteiger charge is 2.27. The highest BCUT2D eigenvalue weighted by molar-refractivity contribution is 7.66. The fourth-order valence-corrected chi connectivity index (χ4v) is 2.44. The van der Waals surface area contributed by atoms with Gasteiger partial charge in [-0.3, -0.25) is 4.57 Å². The van der Waals surface area contributed by atoms with E-state index >= 15 is 0 Å². The SMILES string of the molecule is CNC(C)P(=O)(O)c1ccccc1. The van der Waals surface area contributed by atoms with E-state index in [0.29, 0.717) is 5.30 Å². The Bertz CT molecular complexity index is 313. The Labute approximate surface area is 78.2 Å². The lowest BCUT2D eigenvalue weighted by atomic mass is 10.4. The molecular weight excluding hydrogens is 185 g/mol. The van der Waals surface area contributed by atoms with E-state index in [4.69, 9.17) is 0 Å². The van der Waals surface area contributed by atoms with Gasteiger partial charge in [-0.2, -0.15) is 0 Å². The third kappa shape index (κ3) is 2.19. The van der Waals surface area contributed by atoms with E-state index in [1.807, 2.05) is 6.07 Å². The summed E-state index contributed by atoms with van der Waals surface area (Å²) in [6, 6.07) is 8.71. The molecule has 0 aliphatic heterocycles.